The first kappa shape index (κ1) is 17.4. The molecule has 126 valence electrons. The van der Waals surface area contributed by atoms with Crippen LogP contribution in [0.2, 0.25) is 0 Å². The minimum absolute atomic E-state index is 0.0432. The van der Waals surface area contributed by atoms with Crippen LogP contribution in [0.25, 0.3) is 0 Å². The maximum absolute atomic E-state index is 12.6. The molecule has 8 heteroatoms. The van der Waals surface area contributed by atoms with E-state index in [0.29, 0.717) is 38.3 Å². The van der Waals surface area contributed by atoms with E-state index in [1.54, 1.807) is 24.0 Å². The standard InChI is InChI=1S/C15H21N3O4S/c1-3-15(20)17-8-10-18(11-9-17)23(21,22)14-6-4-13(5-7-14)16-12(2)19/h4-7H,3,8-11H2,1-2H3,(H,16,19). The lowest BCUT2D eigenvalue weighted by Crippen LogP contribution is -2.50. The lowest BCUT2D eigenvalue weighted by molar-refractivity contribution is -0.132. The number of piperazine rings is 1. The molecular weight excluding hydrogens is 318 g/mol. The number of hydrogen-bond donors (Lipinski definition) is 1. The molecule has 0 spiro atoms. The fraction of sp³-hybridized carbons (Fsp3) is 0.467. The van der Waals surface area contributed by atoms with E-state index in [4.69, 9.17) is 0 Å². The van der Waals surface area contributed by atoms with Crippen LogP contribution in [0.4, 0.5) is 5.69 Å². The third-order valence-electron chi connectivity index (χ3n) is 3.71. The summed E-state index contributed by atoms with van der Waals surface area (Å²) in [6, 6.07) is 6.07. The molecule has 0 bridgehead atoms. The summed E-state index contributed by atoms with van der Waals surface area (Å²) in [7, 11) is -3.58. The van der Waals surface area contributed by atoms with Gasteiger partial charge in [0.25, 0.3) is 0 Å². The quantitative estimate of drug-likeness (QED) is 0.882. The Kier molecular flexibility index (Phi) is 5.38. The van der Waals surface area contributed by atoms with Crippen molar-refractivity contribution in [2.75, 3.05) is 31.5 Å². The fourth-order valence-electron chi connectivity index (χ4n) is 2.46. The summed E-state index contributed by atoms with van der Waals surface area (Å²) in [5.74, 6) is -0.168. The van der Waals surface area contributed by atoms with E-state index in [1.165, 1.54) is 23.4 Å². The third kappa shape index (κ3) is 4.08. The highest BCUT2D eigenvalue weighted by Crippen LogP contribution is 2.20. The first-order chi connectivity index (χ1) is 10.8. The van der Waals surface area contributed by atoms with Crippen molar-refractivity contribution in [2.45, 2.75) is 25.2 Å². The Morgan fingerprint density at radius 1 is 1.09 bits per heavy atom. The van der Waals surface area contributed by atoms with Gasteiger partial charge in [-0.3, -0.25) is 9.59 Å². The number of nitrogens with zero attached hydrogens (tertiary/aromatic N) is 2. The summed E-state index contributed by atoms with van der Waals surface area (Å²) in [4.78, 5) is 24.5. The van der Waals surface area contributed by atoms with Gasteiger partial charge in [0.05, 0.1) is 4.90 Å². The van der Waals surface area contributed by atoms with Gasteiger partial charge in [0, 0.05) is 45.2 Å². The van der Waals surface area contributed by atoms with Crippen molar-refractivity contribution < 1.29 is 18.0 Å². The zero-order valence-electron chi connectivity index (χ0n) is 13.3. The number of rotatable bonds is 4. The van der Waals surface area contributed by atoms with Gasteiger partial charge < -0.3 is 10.2 Å². The van der Waals surface area contributed by atoms with Gasteiger partial charge in [0.15, 0.2) is 0 Å². The van der Waals surface area contributed by atoms with Crippen LogP contribution in [0.5, 0.6) is 0 Å². The van der Waals surface area contributed by atoms with Crippen LogP contribution in [0.3, 0.4) is 0 Å². The second-order valence-corrected chi connectivity index (χ2v) is 7.28. The topological polar surface area (TPSA) is 86.8 Å². The molecule has 0 saturated carbocycles. The average molecular weight is 339 g/mol. The summed E-state index contributed by atoms with van der Waals surface area (Å²) in [5, 5.41) is 2.60. The van der Waals surface area contributed by atoms with Crippen molar-refractivity contribution in [1.82, 2.24) is 9.21 Å². The minimum Gasteiger partial charge on any atom is -0.340 e. The van der Waals surface area contributed by atoms with Crippen molar-refractivity contribution in [2.24, 2.45) is 0 Å². The number of sulfonamides is 1. The molecule has 7 nitrogen and oxygen atoms in total. The monoisotopic (exact) mass is 339 g/mol. The average Bonchev–Trinajstić information content (AvgIpc) is 2.54. The van der Waals surface area contributed by atoms with Gasteiger partial charge in [-0.1, -0.05) is 6.92 Å². The van der Waals surface area contributed by atoms with Crippen molar-refractivity contribution in [3.8, 4) is 0 Å². The van der Waals surface area contributed by atoms with Crippen LogP contribution in [0.1, 0.15) is 20.3 Å². The number of hydrogen-bond acceptors (Lipinski definition) is 4. The van der Waals surface area contributed by atoms with Crippen LogP contribution in [-0.4, -0.2) is 55.6 Å². The van der Waals surface area contributed by atoms with Gasteiger partial charge in [0.1, 0.15) is 0 Å². The Morgan fingerprint density at radius 2 is 1.65 bits per heavy atom. The maximum Gasteiger partial charge on any atom is 0.243 e. The first-order valence-electron chi connectivity index (χ1n) is 7.50. The molecule has 1 N–H and O–H groups in total. The Hall–Kier alpha value is -1.93. The van der Waals surface area contributed by atoms with Crippen LogP contribution >= 0.6 is 0 Å². The molecule has 1 aromatic carbocycles. The molecule has 0 atom stereocenters. The predicted octanol–water partition coefficient (Wildman–Crippen LogP) is 0.888. The van der Waals surface area contributed by atoms with Crippen molar-refractivity contribution in [1.29, 1.82) is 0 Å². The molecule has 1 aliphatic rings. The summed E-state index contributed by atoms with van der Waals surface area (Å²) < 4.78 is 26.6. The second kappa shape index (κ2) is 7.10. The van der Waals surface area contributed by atoms with Gasteiger partial charge in [-0.05, 0) is 24.3 Å². The van der Waals surface area contributed by atoms with Crippen molar-refractivity contribution >= 4 is 27.5 Å². The smallest absolute Gasteiger partial charge is 0.243 e. The van der Waals surface area contributed by atoms with E-state index < -0.39 is 10.0 Å². The Labute approximate surface area is 136 Å². The summed E-state index contributed by atoms with van der Waals surface area (Å²) in [5.41, 5.74) is 0.551. The number of nitrogens with one attached hydrogen (secondary N) is 1. The number of carbonyl (C=O) groups is 2. The molecule has 1 saturated heterocycles. The fourth-order valence-corrected chi connectivity index (χ4v) is 3.89. The Balaban J connectivity index is 2.07. The zero-order valence-corrected chi connectivity index (χ0v) is 14.1. The van der Waals surface area contributed by atoms with Crippen LogP contribution < -0.4 is 5.32 Å². The maximum atomic E-state index is 12.6. The first-order valence-corrected chi connectivity index (χ1v) is 8.94. The van der Waals surface area contributed by atoms with E-state index in [1.807, 2.05) is 0 Å². The predicted molar refractivity (Wildman–Crippen MR) is 86.4 cm³/mol. The minimum atomic E-state index is -3.58. The largest absolute Gasteiger partial charge is 0.340 e. The highest BCUT2D eigenvalue weighted by Gasteiger charge is 2.29. The van der Waals surface area contributed by atoms with E-state index >= 15 is 0 Å². The molecule has 0 aliphatic carbocycles. The lowest BCUT2D eigenvalue weighted by atomic mass is 10.3. The molecular formula is C15H21N3O4S. The van der Waals surface area contributed by atoms with Crippen molar-refractivity contribution in [3.05, 3.63) is 24.3 Å². The molecule has 1 aromatic rings. The highest BCUT2D eigenvalue weighted by molar-refractivity contribution is 7.89. The van der Waals surface area contributed by atoms with Crippen LogP contribution in [0.15, 0.2) is 29.2 Å². The van der Waals surface area contributed by atoms with Crippen molar-refractivity contribution in [3.63, 3.8) is 0 Å². The highest BCUT2D eigenvalue weighted by atomic mass is 32.2. The normalized spacial score (nSPS) is 16.2. The molecule has 1 aliphatic heterocycles. The van der Waals surface area contributed by atoms with Gasteiger partial charge in [-0.25, -0.2) is 8.42 Å². The third-order valence-corrected chi connectivity index (χ3v) is 5.62. The molecule has 23 heavy (non-hydrogen) atoms. The summed E-state index contributed by atoms with van der Waals surface area (Å²) in [6.07, 6.45) is 0.428. The molecule has 2 rings (SSSR count). The summed E-state index contributed by atoms with van der Waals surface area (Å²) >= 11 is 0. The van der Waals surface area contributed by atoms with E-state index in [2.05, 4.69) is 5.32 Å². The van der Waals surface area contributed by atoms with Gasteiger partial charge in [-0.15, -0.1) is 0 Å². The number of carbonyl (C=O) groups excluding carboxylic acids is 2. The van der Waals surface area contributed by atoms with Crippen LogP contribution in [-0.2, 0) is 19.6 Å². The molecule has 1 heterocycles. The number of benzene rings is 1. The molecule has 1 fully saturated rings. The van der Waals surface area contributed by atoms with E-state index in [-0.39, 0.29) is 16.7 Å². The van der Waals surface area contributed by atoms with E-state index in [0.717, 1.165) is 0 Å². The van der Waals surface area contributed by atoms with E-state index in [9.17, 15) is 18.0 Å². The number of anilines is 1. The van der Waals surface area contributed by atoms with Gasteiger partial charge in [0.2, 0.25) is 21.8 Å². The Bertz CT molecular complexity index is 677. The van der Waals surface area contributed by atoms with Crippen LogP contribution in [0, 0.1) is 0 Å². The lowest BCUT2D eigenvalue weighted by Gasteiger charge is -2.33. The molecule has 2 amide bonds. The zero-order chi connectivity index (χ0) is 17.0. The summed E-state index contributed by atoms with van der Waals surface area (Å²) in [6.45, 7) is 4.60. The number of amides is 2. The van der Waals surface area contributed by atoms with Gasteiger partial charge in [-0.2, -0.15) is 4.31 Å². The van der Waals surface area contributed by atoms with Gasteiger partial charge >= 0.3 is 0 Å². The second-order valence-electron chi connectivity index (χ2n) is 5.34. The molecule has 0 aromatic heterocycles. The molecule has 0 unspecified atom stereocenters. The Morgan fingerprint density at radius 3 is 2.13 bits per heavy atom. The molecule has 0 radical (unpaired) electrons. The SMILES string of the molecule is CCC(=O)N1CCN(S(=O)(=O)c2ccc(NC(C)=O)cc2)CC1.